The summed E-state index contributed by atoms with van der Waals surface area (Å²) in [6.07, 6.45) is 2.88. The number of benzene rings is 2. The maximum absolute atomic E-state index is 4.59. The third kappa shape index (κ3) is 4.19. The molecule has 21 heavy (non-hydrogen) atoms. The molecule has 0 aliphatic carbocycles. The van der Waals surface area contributed by atoms with Gasteiger partial charge in [0.1, 0.15) is 0 Å². The number of nitrogens with zero attached hydrogens (tertiary/aromatic N) is 2. The van der Waals surface area contributed by atoms with Crippen LogP contribution in [0.4, 0.5) is 5.69 Å². The van der Waals surface area contributed by atoms with E-state index in [2.05, 4.69) is 73.1 Å². The molecule has 0 fully saturated rings. The molecule has 2 aromatic carbocycles. The van der Waals surface area contributed by atoms with E-state index in [1.165, 1.54) is 22.3 Å². The van der Waals surface area contributed by atoms with Crippen LogP contribution in [-0.4, -0.2) is 24.8 Å². The van der Waals surface area contributed by atoms with Crippen LogP contribution in [-0.2, 0) is 6.42 Å². The van der Waals surface area contributed by atoms with Gasteiger partial charge < -0.3 is 4.90 Å². The Labute approximate surface area is 128 Å². The summed E-state index contributed by atoms with van der Waals surface area (Å²) in [5, 5.41) is 0. The largest absolute Gasteiger partial charge is 0.366 e. The molecule has 0 saturated heterocycles. The zero-order valence-corrected chi connectivity index (χ0v) is 13.4. The number of aryl methyl sites for hydroxylation is 2. The lowest BCUT2D eigenvalue weighted by Gasteiger charge is -2.12. The van der Waals surface area contributed by atoms with Crippen molar-refractivity contribution in [3.63, 3.8) is 0 Å². The first-order valence-corrected chi connectivity index (χ1v) is 7.48. The normalized spacial score (nSPS) is 11.0. The van der Waals surface area contributed by atoms with Crippen molar-refractivity contribution >= 4 is 12.0 Å². The molecular formula is C19H24N2. The summed E-state index contributed by atoms with van der Waals surface area (Å²) >= 11 is 0. The molecule has 0 aliphatic heterocycles. The van der Waals surface area contributed by atoms with Crippen LogP contribution in [0.1, 0.15) is 29.2 Å². The SMILES string of the molecule is CCN(C)/C=N/c1cc(C)c(Cc2ccccc2)cc1C. The summed E-state index contributed by atoms with van der Waals surface area (Å²) in [4.78, 5) is 6.66. The zero-order chi connectivity index (χ0) is 15.2. The molecule has 0 bridgehead atoms. The van der Waals surface area contributed by atoms with E-state index in [1.807, 2.05) is 13.4 Å². The highest BCUT2D eigenvalue weighted by molar-refractivity contribution is 5.64. The van der Waals surface area contributed by atoms with Crippen LogP contribution in [0.2, 0.25) is 0 Å². The second-order valence-electron chi connectivity index (χ2n) is 5.55. The molecule has 0 heterocycles. The number of hydrogen-bond acceptors (Lipinski definition) is 1. The van der Waals surface area contributed by atoms with Crippen LogP contribution >= 0.6 is 0 Å². The van der Waals surface area contributed by atoms with Gasteiger partial charge >= 0.3 is 0 Å². The first-order valence-electron chi connectivity index (χ1n) is 7.48. The monoisotopic (exact) mass is 280 g/mol. The molecule has 0 saturated carbocycles. The Morgan fingerprint density at radius 2 is 1.76 bits per heavy atom. The molecule has 0 aromatic heterocycles. The van der Waals surface area contributed by atoms with Gasteiger partial charge in [-0.15, -0.1) is 0 Å². The summed E-state index contributed by atoms with van der Waals surface area (Å²) in [5.74, 6) is 0. The number of rotatable bonds is 5. The maximum Gasteiger partial charge on any atom is 0.0909 e. The molecule has 2 nitrogen and oxygen atoms in total. The lowest BCUT2D eigenvalue weighted by molar-refractivity contribution is 0.552. The van der Waals surface area contributed by atoms with Crippen LogP contribution in [0.5, 0.6) is 0 Å². The Kier molecular flexibility index (Phi) is 5.15. The lowest BCUT2D eigenvalue weighted by Crippen LogP contribution is -2.14. The molecule has 0 aliphatic rings. The average Bonchev–Trinajstić information content (AvgIpc) is 2.50. The van der Waals surface area contributed by atoms with Crippen LogP contribution in [0.15, 0.2) is 47.5 Å². The minimum absolute atomic E-state index is 0.966. The molecule has 2 aromatic rings. The molecule has 2 heteroatoms. The van der Waals surface area contributed by atoms with Gasteiger partial charge in [-0.3, -0.25) is 0 Å². The molecule has 0 radical (unpaired) electrons. The van der Waals surface area contributed by atoms with Crippen molar-refractivity contribution in [2.75, 3.05) is 13.6 Å². The molecule has 110 valence electrons. The summed E-state index contributed by atoms with van der Waals surface area (Å²) in [7, 11) is 2.04. The Hall–Kier alpha value is -2.09. The van der Waals surface area contributed by atoms with Gasteiger partial charge in [0.2, 0.25) is 0 Å². The Bertz CT molecular complexity index is 615. The van der Waals surface area contributed by atoms with Gasteiger partial charge in [0.15, 0.2) is 0 Å². The van der Waals surface area contributed by atoms with Gasteiger partial charge in [0.25, 0.3) is 0 Å². The zero-order valence-electron chi connectivity index (χ0n) is 13.4. The van der Waals surface area contributed by atoms with Crippen molar-refractivity contribution in [3.8, 4) is 0 Å². The van der Waals surface area contributed by atoms with E-state index in [9.17, 15) is 0 Å². The topological polar surface area (TPSA) is 15.6 Å². The van der Waals surface area contributed by atoms with Gasteiger partial charge in [0.05, 0.1) is 12.0 Å². The highest BCUT2D eigenvalue weighted by Crippen LogP contribution is 2.24. The molecule has 0 N–H and O–H groups in total. The minimum Gasteiger partial charge on any atom is -0.366 e. The van der Waals surface area contributed by atoms with E-state index < -0.39 is 0 Å². The molecule has 0 atom stereocenters. The maximum atomic E-state index is 4.59. The molecule has 0 unspecified atom stereocenters. The van der Waals surface area contributed by atoms with E-state index in [0.717, 1.165) is 18.7 Å². The third-order valence-corrected chi connectivity index (χ3v) is 3.78. The number of aliphatic imine (C=N–C) groups is 1. The van der Waals surface area contributed by atoms with E-state index in [4.69, 9.17) is 0 Å². The third-order valence-electron chi connectivity index (χ3n) is 3.78. The Morgan fingerprint density at radius 1 is 1.05 bits per heavy atom. The van der Waals surface area contributed by atoms with Crippen molar-refractivity contribution in [1.82, 2.24) is 4.90 Å². The van der Waals surface area contributed by atoms with Crippen molar-refractivity contribution in [2.24, 2.45) is 4.99 Å². The second-order valence-corrected chi connectivity index (χ2v) is 5.55. The summed E-state index contributed by atoms with van der Waals surface area (Å²) < 4.78 is 0. The fourth-order valence-electron chi connectivity index (χ4n) is 2.25. The van der Waals surface area contributed by atoms with E-state index in [-0.39, 0.29) is 0 Å². The number of hydrogen-bond donors (Lipinski definition) is 0. The van der Waals surface area contributed by atoms with Crippen molar-refractivity contribution in [1.29, 1.82) is 0 Å². The quantitative estimate of drug-likeness (QED) is 0.581. The molecular weight excluding hydrogens is 256 g/mol. The van der Waals surface area contributed by atoms with Crippen molar-refractivity contribution in [3.05, 3.63) is 64.7 Å². The van der Waals surface area contributed by atoms with Crippen LogP contribution in [0.25, 0.3) is 0 Å². The second kappa shape index (κ2) is 7.07. The van der Waals surface area contributed by atoms with Gasteiger partial charge in [-0.25, -0.2) is 4.99 Å². The van der Waals surface area contributed by atoms with Crippen molar-refractivity contribution < 1.29 is 0 Å². The molecule has 0 amide bonds. The smallest absolute Gasteiger partial charge is 0.0909 e. The molecule has 2 rings (SSSR count). The fraction of sp³-hybridized carbons (Fsp3) is 0.316. The highest BCUT2D eigenvalue weighted by Gasteiger charge is 2.05. The summed E-state index contributed by atoms with van der Waals surface area (Å²) in [6.45, 7) is 7.38. The predicted octanol–water partition coefficient (Wildman–Crippen LogP) is 4.51. The van der Waals surface area contributed by atoms with Gasteiger partial charge in [-0.1, -0.05) is 36.4 Å². The van der Waals surface area contributed by atoms with Crippen LogP contribution in [0.3, 0.4) is 0 Å². The standard InChI is InChI=1S/C19H24N2/c1-5-21(4)14-20-19-12-15(2)18(11-16(19)3)13-17-9-7-6-8-10-17/h6-12,14H,5,13H2,1-4H3/b20-14+. The Balaban J connectivity index is 2.23. The predicted molar refractivity (Wildman–Crippen MR) is 91.6 cm³/mol. The van der Waals surface area contributed by atoms with Gasteiger partial charge in [-0.05, 0) is 55.5 Å². The van der Waals surface area contributed by atoms with Crippen LogP contribution < -0.4 is 0 Å². The highest BCUT2D eigenvalue weighted by atomic mass is 15.1. The first kappa shape index (κ1) is 15.3. The van der Waals surface area contributed by atoms with Crippen LogP contribution in [0, 0.1) is 13.8 Å². The minimum atomic E-state index is 0.966. The Morgan fingerprint density at radius 3 is 2.43 bits per heavy atom. The summed E-state index contributed by atoms with van der Waals surface area (Å²) in [6, 6.07) is 15.1. The summed E-state index contributed by atoms with van der Waals surface area (Å²) in [5.41, 5.74) is 6.32. The van der Waals surface area contributed by atoms with Gasteiger partial charge in [0, 0.05) is 13.6 Å². The van der Waals surface area contributed by atoms with Crippen molar-refractivity contribution in [2.45, 2.75) is 27.2 Å². The van der Waals surface area contributed by atoms with E-state index in [1.54, 1.807) is 0 Å². The lowest BCUT2D eigenvalue weighted by atomic mass is 9.97. The fourth-order valence-corrected chi connectivity index (χ4v) is 2.25. The average molecular weight is 280 g/mol. The van der Waals surface area contributed by atoms with E-state index >= 15 is 0 Å². The van der Waals surface area contributed by atoms with E-state index in [0.29, 0.717) is 0 Å². The van der Waals surface area contributed by atoms with Gasteiger partial charge in [-0.2, -0.15) is 0 Å². The first-order chi connectivity index (χ1) is 10.1. The molecule has 0 spiro atoms.